The van der Waals surface area contributed by atoms with E-state index in [-0.39, 0.29) is 11.2 Å². The summed E-state index contributed by atoms with van der Waals surface area (Å²) in [6.07, 6.45) is 4.69. The second kappa shape index (κ2) is 7.07. The zero-order chi connectivity index (χ0) is 19.9. The summed E-state index contributed by atoms with van der Waals surface area (Å²) in [6, 6.07) is 0. The SMILES string of the molecule is Cc1c(C)c2c(c(C)c1OC(C)(C)CCCC(C)(C)O)CCC(C)(C)O2. The molecule has 0 aromatic heterocycles. The maximum Gasteiger partial charge on any atom is 0.127 e. The molecule has 2 rings (SSSR count). The molecule has 0 spiro atoms. The van der Waals surface area contributed by atoms with Crippen LogP contribution in [-0.4, -0.2) is 21.9 Å². The minimum Gasteiger partial charge on any atom is -0.487 e. The molecule has 1 aliphatic heterocycles. The van der Waals surface area contributed by atoms with Crippen molar-refractivity contribution in [3.05, 3.63) is 22.3 Å². The molecule has 1 aromatic rings. The molecule has 0 atom stereocenters. The van der Waals surface area contributed by atoms with Gasteiger partial charge in [-0.15, -0.1) is 0 Å². The Morgan fingerprint density at radius 1 is 1.00 bits per heavy atom. The standard InChI is InChI=1S/C23H38O3/c1-15-16(2)20-18(11-14-23(8,9)26-20)17(3)19(15)25-22(6,7)13-10-12-21(4,5)24/h24H,10-14H2,1-9H3. The summed E-state index contributed by atoms with van der Waals surface area (Å²) in [7, 11) is 0. The highest BCUT2D eigenvalue weighted by atomic mass is 16.5. The summed E-state index contributed by atoms with van der Waals surface area (Å²) >= 11 is 0. The smallest absolute Gasteiger partial charge is 0.127 e. The average Bonchev–Trinajstić information content (AvgIpc) is 2.47. The van der Waals surface area contributed by atoms with E-state index in [0.717, 1.165) is 43.6 Å². The lowest BCUT2D eigenvalue weighted by atomic mass is 9.87. The molecule has 1 aliphatic rings. The molecule has 0 radical (unpaired) electrons. The van der Waals surface area contributed by atoms with Gasteiger partial charge in [0.05, 0.1) is 5.60 Å². The van der Waals surface area contributed by atoms with Crippen molar-refractivity contribution in [3.63, 3.8) is 0 Å². The van der Waals surface area contributed by atoms with Crippen molar-refractivity contribution in [2.75, 3.05) is 0 Å². The van der Waals surface area contributed by atoms with Gasteiger partial charge in [0.1, 0.15) is 22.7 Å². The Morgan fingerprint density at radius 2 is 1.62 bits per heavy atom. The van der Waals surface area contributed by atoms with Gasteiger partial charge in [0.25, 0.3) is 0 Å². The molecule has 148 valence electrons. The third-order valence-electron chi connectivity index (χ3n) is 5.61. The maximum atomic E-state index is 9.95. The number of rotatable bonds is 6. The van der Waals surface area contributed by atoms with Crippen LogP contribution in [0.5, 0.6) is 11.5 Å². The summed E-state index contributed by atoms with van der Waals surface area (Å²) in [5.74, 6) is 2.07. The van der Waals surface area contributed by atoms with Crippen LogP contribution >= 0.6 is 0 Å². The second-order valence-corrected chi connectivity index (χ2v) is 9.90. The van der Waals surface area contributed by atoms with Gasteiger partial charge in [0.2, 0.25) is 0 Å². The van der Waals surface area contributed by atoms with Crippen LogP contribution in [0.4, 0.5) is 0 Å². The Kier molecular flexibility index (Phi) is 5.73. The van der Waals surface area contributed by atoms with Crippen LogP contribution in [-0.2, 0) is 6.42 Å². The Hall–Kier alpha value is -1.22. The van der Waals surface area contributed by atoms with E-state index >= 15 is 0 Å². The number of fused-ring (bicyclic) bond motifs is 1. The number of ether oxygens (including phenoxy) is 2. The monoisotopic (exact) mass is 362 g/mol. The summed E-state index contributed by atoms with van der Waals surface area (Å²) in [6.45, 7) is 18.8. The van der Waals surface area contributed by atoms with Crippen LogP contribution in [0, 0.1) is 20.8 Å². The minimum atomic E-state index is -0.617. The Balaban J connectivity index is 2.26. The lowest BCUT2D eigenvalue weighted by molar-refractivity contribution is 0.0506. The maximum absolute atomic E-state index is 9.95. The van der Waals surface area contributed by atoms with E-state index in [4.69, 9.17) is 9.47 Å². The summed E-state index contributed by atoms with van der Waals surface area (Å²) < 4.78 is 12.9. The fraction of sp³-hybridized carbons (Fsp3) is 0.739. The van der Waals surface area contributed by atoms with Gasteiger partial charge >= 0.3 is 0 Å². The molecule has 3 heteroatoms. The zero-order valence-corrected chi connectivity index (χ0v) is 18.3. The first kappa shape index (κ1) is 21.1. The van der Waals surface area contributed by atoms with Crippen LogP contribution in [0.25, 0.3) is 0 Å². The van der Waals surface area contributed by atoms with E-state index in [1.54, 1.807) is 0 Å². The number of aliphatic hydroxyl groups is 1. The number of benzene rings is 1. The van der Waals surface area contributed by atoms with Gasteiger partial charge < -0.3 is 14.6 Å². The molecule has 0 unspecified atom stereocenters. The molecule has 0 bridgehead atoms. The Labute approximate surface area is 160 Å². The normalized spacial score (nSPS) is 16.8. The zero-order valence-electron chi connectivity index (χ0n) is 18.3. The fourth-order valence-corrected chi connectivity index (χ4v) is 3.78. The summed E-state index contributed by atoms with van der Waals surface area (Å²) in [5, 5.41) is 9.95. The molecule has 0 saturated heterocycles. The first-order valence-electron chi connectivity index (χ1n) is 9.95. The number of hydrogen-bond donors (Lipinski definition) is 1. The lowest BCUT2D eigenvalue weighted by Crippen LogP contribution is -2.34. The van der Waals surface area contributed by atoms with Gasteiger partial charge in [-0.25, -0.2) is 0 Å². The molecule has 3 nitrogen and oxygen atoms in total. The largest absolute Gasteiger partial charge is 0.487 e. The van der Waals surface area contributed by atoms with Crippen molar-refractivity contribution in [2.45, 2.75) is 111 Å². The molecule has 1 N–H and O–H groups in total. The predicted molar refractivity (Wildman–Crippen MR) is 109 cm³/mol. The highest BCUT2D eigenvalue weighted by Crippen LogP contribution is 2.44. The molecule has 26 heavy (non-hydrogen) atoms. The molecule has 1 aromatic carbocycles. The molecule has 1 heterocycles. The van der Waals surface area contributed by atoms with Gasteiger partial charge in [-0.05, 0) is 111 Å². The van der Waals surface area contributed by atoms with Crippen molar-refractivity contribution in [1.29, 1.82) is 0 Å². The van der Waals surface area contributed by atoms with E-state index in [1.807, 2.05) is 13.8 Å². The fourth-order valence-electron chi connectivity index (χ4n) is 3.78. The quantitative estimate of drug-likeness (QED) is 0.693. The van der Waals surface area contributed by atoms with Crippen LogP contribution in [0.2, 0.25) is 0 Å². The van der Waals surface area contributed by atoms with Crippen LogP contribution in [0.3, 0.4) is 0 Å². The number of hydrogen-bond acceptors (Lipinski definition) is 3. The average molecular weight is 363 g/mol. The van der Waals surface area contributed by atoms with E-state index in [9.17, 15) is 5.11 Å². The third-order valence-corrected chi connectivity index (χ3v) is 5.61. The Morgan fingerprint density at radius 3 is 2.19 bits per heavy atom. The molecule has 0 amide bonds. The first-order valence-corrected chi connectivity index (χ1v) is 9.95. The molecule has 0 aliphatic carbocycles. The highest BCUT2D eigenvalue weighted by Gasteiger charge is 2.32. The topological polar surface area (TPSA) is 38.7 Å². The van der Waals surface area contributed by atoms with Crippen molar-refractivity contribution >= 4 is 0 Å². The third kappa shape index (κ3) is 4.94. The van der Waals surface area contributed by atoms with E-state index < -0.39 is 5.60 Å². The first-order chi connectivity index (χ1) is 11.7. The second-order valence-electron chi connectivity index (χ2n) is 9.90. The molecular weight excluding hydrogens is 324 g/mol. The molecular formula is C23H38O3. The van der Waals surface area contributed by atoms with Crippen LogP contribution in [0.1, 0.15) is 89.5 Å². The predicted octanol–water partition coefficient (Wildman–Crippen LogP) is 5.81. The van der Waals surface area contributed by atoms with Crippen molar-refractivity contribution in [2.24, 2.45) is 0 Å². The highest BCUT2D eigenvalue weighted by molar-refractivity contribution is 5.59. The molecule has 0 fully saturated rings. The van der Waals surface area contributed by atoms with Crippen molar-refractivity contribution in [3.8, 4) is 11.5 Å². The van der Waals surface area contributed by atoms with Gasteiger partial charge in [0, 0.05) is 5.56 Å². The van der Waals surface area contributed by atoms with Gasteiger partial charge in [-0.3, -0.25) is 0 Å². The van der Waals surface area contributed by atoms with Crippen LogP contribution in [0.15, 0.2) is 0 Å². The molecule has 0 saturated carbocycles. The van der Waals surface area contributed by atoms with Crippen molar-refractivity contribution in [1.82, 2.24) is 0 Å². The van der Waals surface area contributed by atoms with Crippen molar-refractivity contribution < 1.29 is 14.6 Å². The summed E-state index contributed by atoms with van der Waals surface area (Å²) in [5.41, 5.74) is 3.90. The Bertz CT molecular complexity index is 663. The van der Waals surface area contributed by atoms with E-state index in [2.05, 4.69) is 48.5 Å². The van der Waals surface area contributed by atoms with Crippen LogP contribution < -0.4 is 9.47 Å². The lowest BCUT2D eigenvalue weighted by Gasteiger charge is -2.37. The summed E-state index contributed by atoms with van der Waals surface area (Å²) in [4.78, 5) is 0. The minimum absolute atomic E-state index is 0.102. The van der Waals surface area contributed by atoms with E-state index in [1.165, 1.54) is 22.3 Å². The van der Waals surface area contributed by atoms with Gasteiger partial charge in [-0.2, -0.15) is 0 Å². The van der Waals surface area contributed by atoms with E-state index in [0.29, 0.717) is 0 Å². The van der Waals surface area contributed by atoms with Gasteiger partial charge in [-0.1, -0.05) is 0 Å². The van der Waals surface area contributed by atoms with Gasteiger partial charge in [0.15, 0.2) is 0 Å².